The van der Waals surface area contributed by atoms with E-state index in [0.29, 0.717) is 24.2 Å². The van der Waals surface area contributed by atoms with Crippen molar-refractivity contribution in [3.63, 3.8) is 0 Å². The molecule has 0 fully saturated rings. The molecule has 0 bridgehead atoms. The molecule has 0 amide bonds. The first kappa shape index (κ1) is 21.9. The SMILES string of the molecule is CC(OC(=O)c1cccc(S(=O)(=O)N2CCc3ccccc32)c1)C(=O)c1c[nH]c2ccccc12. The third kappa shape index (κ3) is 3.76. The highest BCUT2D eigenvalue weighted by Crippen LogP contribution is 2.33. The number of sulfonamides is 1. The van der Waals surface area contributed by atoms with Crippen molar-refractivity contribution in [1.82, 2.24) is 4.98 Å². The van der Waals surface area contributed by atoms with Crippen molar-refractivity contribution < 1.29 is 22.7 Å². The number of nitrogens with zero attached hydrogens (tertiary/aromatic N) is 1. The summed E-state index contributed by atoms with van der Waals surface area (Å²) in [5, 5.41) is 0.745. The maximum absolute atomic E-state index is 13.3. The lowest BCUT2D eigenvalue weighted by molar-refractivity contribution is 0.0319. The lowest BCUT2D eigenvalue weighted by Gasteiger charge is -2.20. The number of hydrogen-bond acceptors (Lipinski definition) is 5. The van der Waals surface area contributed by atoms with E-state index in [1.807, 2.05) is 36.4 Å². The topological polar surface area (TPSA) is 96.5 Å². The molecule has 0 saturated carbocycles. The molecule has 1 aliphatic heterocycles. The number of Topliss-reactive ketones (excluding diaryl/α,β-unsaturated/α-hetero) is 1. The van der Waals surface area contributed by atoms with Crippen molar-refractivity contribution in [2.45, 2.75) is 24.3 Å². The van der Waals surface area contributed by atoms with E-state index in [1.165, 1.54) is 35.5 Å². The van der Waals surface area contributed by atoms with E-state index < -0.39 is 22.1 Å². The van der Waals surface area contributed by atoms with Crippen molar-refractivity contribution in [1.29, 1.82) is 0 Å². The Morgan fingerprint density at radius 3 is 2.62 bits per heavy atom. The molecule has 1 aromatic heterocycles. The monoisotopic (exact) mass is 474 g/mol. The average Bonchev–Trinajstić information content (AvgIpc) is 3.48. The van der Waals surface area contributed by atoms with Crippen molar-refractivity contribution in [3.8, 4) is 0 Å². The summed E-state index contributed by atoms with van der Waals surface area (Å²) in [4.78, 5) is 28.7. The first-order valence-corrected chi connectivity index (χ1v) is 12.3. The molecular weight excluding hydrogens is 452 g/mol. The number of anilines is 1. The highest BCUT2D eigenvalue weighted by Gasteiger charge is 2.31. The van der Waals surface area contributed by atoms with Gasteiger partial charge in [0.15, 0.2) is 6.10 Å². The molecule has 1 atom stereocenters. The van der Waals surface area contributed by atoms with Crippen LogP contribution < -0.4 is 4.31 Å². The van der Waals surface area contributed by atoms with E-state index in [9.17, 15) is 18.0 Å². The molecule has 4 aromatic rings. The Hall–Kier alpha value is -3.91. The van der Waals surface area contributed by atoms with Crippen LogP contribution in [0.15, 0.2) is 83.9 Å². The number of esters is 1. The van der Waals surface area contributed by atoms with Gasteiger partial charge in [-0.05, 0) is 49.2 Å². The summed E-state index contributed by atoms with van der Waals surface area (Å²) in [6, 6.07) is 20.4. The van der Waals surface area contributed by atoms with Crippen LogP contribution >= 0.6 is 0 Å². The molecule has 0 saturated heterocycles. The van der Waals surface area contributed by atoms with Gasteiger partial charge < -0.3 is 9.72 Å². The van der Waals surface area contributed by atoms with Gasteiger partial charge in [-0.2, -0.15) is 0 Å². The minimum atomic E-state index is -3.86. The number of H-pyrrole nitrogens is 1. The smallest absolute Gasteiger partial charge is 0.338 e. The van der Waals surface area contributed by atoms with Crippen molar-refractivity contribution in [2.75, 3.05) is 10.8 Å². The van der Waals surface area contributed by atoms with Gasteiger partial charge in [0.05, 0.1) is 16.1 Å². The Morgan fingerprint density at radius 1 is 1.00 bits per heavy atom. The maximum Gasteiger partial charge on any atom is 0.338 e. The van der Waals surface area contributed by atoms with Crippen LogP contribution in [0.4, 0.5) is 5.69 Å². The van der Waals surface area contributed by atoms with Crippen LogP contribution in [0, 0.1) is 0 Å². The van der Waals surface area contributed by atoms with Crippen LogP contribution in [0.1, 0.15) is 33.2 Å². The molecule has 5 rings (SSSR count). The van der Waals surface area contributed by atoms with Crippen molar-refractivity contribution in [3.05, 3.63) is 95.7 Å². The Bertz CT molecular complexity index is 1520. The van der Waals surface area contributed by atoms with Gasteiger partial charge in [0.2, 0.25) is 5.78 Å². The summed E-state index contributed by atoms with van der Waals surface area (Å²) >= 11 is 0. The highest BCUT2D eigenvalue weighted by atomic mass is 32.2. The lowest BCUT2D eigenvalue weighted by Crippen LogP contribution is -2.29. The first-order valence-electron chi connectivity index (χ1n) is 10.9. The normalized spacial score (nSPS) is 14.1. The minimum Gasteiger partial charge on any atom is -0.451 e. The summed E-state index contributed by atoms with van der Waals surface area (Å²) in [5.74, 6) is -1.11. The van der Waals surface area contributed by atoms with E-state index in [1.54, 1.807) is 18.3 Å². The van der Waals surface area contributed by atoms with E-state index >= 15 is 0 Å². The number of carbonyl (C=O) groups is 2. The molecule has 7 nitrogen and oxygen atoms in total. The van der Waals surface area contributed by atoms with Gasteiger partial charge in [0.1, 0.15) is 0 Å². The summed E-state index contributed by atoms with van der Waals surface area (Å²) in [5.41, 5.74) is 2.91. The number of rotatable bonds is 6. The fraction of sp³-hybridized carbons (Fsp3) is 0.154. The molecule has 1 unspecified atom stereocenters. The molecule has 2 heterocycles. The first-order chi connectivity index (χ1) is 16.4. The lowest BCUT2D eigenvalue weighted by atomic mass is 10.1. The fourth-order valence-corrected chi connectivity index (χ4v) is 5.79. The molecule has 0 radical (unpaired) electrons. The number of ketones is 1. The summed E-state index contributed by atoms with van der Waals surface area (Å²) in [6.45, 7) is 1.84. The van der Waals surface area contributed by atoms with Gasteiger partial charge >= 0.3 is 5.97 Å². The number of nitrogens with one attached hydrogen (secondary N) is 1. The predicted molar refractivity (Wildman–Crippen MR) is 129 cm³/mol. The van der Waals surface area contributed by atoms with E-state index in [4.69, 9.17) is 4.74 Å². The second-order valence-corrected chi connectivity index (χ2v) is 10.0. The van der Waals surface area contributed by atoms with E-state index in [-0.39, 0.29) is 16.2 Å². The molecule has 8 heteroatoms. The van der Waals surface area contributed by atoms with Gasteiger partial charge in [-0.1, -0.05) is 42.5 Å². The highest BCUT2D eigenvalue weighted by molar-refractivity contribution is 7.92. The predicted octanol–water partition coefficient (Wildman–Crippen LogP) is 4.35. The summed E-state index contributed by atoms with van der Waals surface area (Å²) in [6.07, 6.45) is 1.18. The molecule has 1 N–H and O–H groups in total. The number of hydrogen-bond donors (Lipinski definition) is 1. The van der Waals surface area contributed by atoms with Crippen LogP contribution in [0.2, 0.25) is 0 Å². The Labute approximate surface area is 197 Å². The zero-order valence-electron chi connectivity index (χ0n) is 18.4. The van der Waals surface area contributed by atoms with Crippen molar-refractivity contribution in [2.24, 2.45) is 0 Å². The van der Waals surface area contributed by atoms with Crippen LogP contribution in [0.25, 0.3) is 10.9 Å². The number of para-hydroxylation sites is 2. The average molecular weight is 475 g/mol. The molecule has 0 aliphatic carbocycles. The maximum atomic E-state index is 13.3. The minimum absolute atomic E-state index is 0.00531. The third-order valence-corrected chi connectivity index (χ3v) is 7.82. The van der Waals surface area contributed by atoms with E-state index in [0.717, 1.165) is 16.5 Å². The number of fused-ring (bicyclic) bond motifs is 2. The van der Waals surface area contributed by atoms with Gasteiger partial charge in [-0.25, -0.2) is 13.2 Å². The molecule has 0 spiro atoms. The second-order valence-electron chi connectivity index (χ2n) is 8.14. The summed E-state index contributed by atoms with van der Waals surface area (Å²) < 4.78 is 33.4. The zero-order chi connectivity index (χ0) is 23.9. The van der Waals surface area contributed by atoms with Gasteiger partial charge in [0, 0.05) is 29.2 Å². The van der Waals surface area contributed by atoms with Gasteiger partial charge in [-0.15, -0.1) is 0 Å². The van der Waals surface area contributed by atoms with Crippen molar-refractivity contribution >= 4 is 38.4 Å². The number of carbonyl (C=O) groups excluding carboxylic acids is 2. The number of ether oxygens (including phenoxy) is 1. The summed E-state index contributed by atoms with van der Waals surface area (Å²) in [7, 11) is -3.86. The Morgan fingerprint density at radius 2 is 1.76 bits per heavy atom. The fourth-order valence-electron chi connectivity index (χ4n) is 4.24. The number of aromatic nitrogens is 1. The Balaban J connectivity index is 1.36. The molecule has 1 aliphatic rings. The zero-order valence-corrected chi connectivity index (χ0v) is 19.2. The molecule has 34 heavy (non-hydrogen) atoms. The van der Waals surface area contributed by atoms with Crippen LogP contribution in [0.5, 0.6) is 0 Å². The largest absolute Gasteiger partial charge is 0.451 e. The second kappa shape index (κ2) is 8.46. The standard InChI is InChI=1S/C26H22N2O5S/c1-17(25(29)22-16-27-23-11-4-3-10-21(22)23)33-26(30)19-8-6-9-20(15-19)34(31,32)28-14-13-18-7-2-5-12-24(18)28/h2-12,15-17,27H,13-14H2,1H3. The van der Waals surface area contributed by atoms with Crippen LogP contribution in [0.3, 0.4) is 0 Å². The van der Waals surface area contributed by atoms with Gasteiger partial charge in [0.25, 0.3) is 10.0 Å². The Kier molecular flexibility index (Phi) is 5.45. The quantitative estimate of drug-likeness (QED) is 0.331. The number of aromatic amines is 1. The molecule has 3 aromatic carbocycles. The third-order valence-electron chi connectivity index (χ3n) is 6.01. The van der Waals surface area contributed by atoms with E-state index in [2.05, 4.69) is 4.98 Å². The van der Waals surface area contributed by atoms with Crippen LogP contribution in [-0.4, -0.2) is 37.8 Å². The molecular formula is C26H22N2O5S. The van der Waals surface area contributed by atoms with Crippen LogP contribution in [-0.2, 0) is 21.2 Å². The van der Waals surface area contributed by atoms with Gasteiger partial charge in [-0.3, -0.25) is 9.10 Å². The molecule has 172 valence electrons. The number of benzene rings is 3.